The molecule has 0 unspecified atom stereocenters. The Bertz CT molecular complexity index is 303. The highest BCUT2D eigenvalue weighted by atomic mass is 16.5. The van der Waals surface area contributed by atoms with Crippen molar-refractivity contribution >= 4 is 11.9 Å². The van der Waals surface area contributed by atoms with Gasteiger partial charge in [-0.1, -0.05) is 90.9 Å². The Hall–Kier alpha value is -1.06. The first-order valence-electron chi connectivity index (χ1n) is 11.0. The highest BCUT2D eigenvalue weighted by Crippen LogP contribution is 2.09. The van der Waals surface area contributed by atoms with Gasteiger partial charge in [0.05, 0.1) is 6.61 Å². The summed E-state index contributed by atoms with van der Waals surface area (Å²) >= 11 is 0. The minimum Gasteiger partial charge on any atom is -0.481 e. The summed E-state index contributed by atoms with van der Waals surface area (Å²) in [7, 11) is 0. The molecule has 26 heavy (non-hydrogen) atoms. The van der Waals surface area contributed by atoms with Gasteiger partial charge in [0.25, 0.3) is 0 Å². The zero-order valence-corrected chi connectivity index (χ0v) is 17.7. The van der Waals surface area contributed by atoms with Crippen LogP contribution >= 0.6 is 0 Å². The van der Waals surface area contributed by atoms with Crippen LogP contribution in [0.25, 0.3) is 0 Å². The third kappa shape index (κ3) is 27.8. The quantitative estimate of drug-likeness (QED) is 0.223. The number of hydrogen-bond acceptors (Lipinski definition) is 3. The van der Waals surface area contributed by atoms with Gasteiger partial charge in [-0.3, -0.25) is 9.59 Å². The van der Waals surface area contributed by atoms with Crippen LogP contribution in [0.3, 0.4) is 0 Å². The summed E-state index contributed by atoms with van der Waals surface area (Å²) in [6.07, 6.45) is 18.0. The van der Waals surface area contributed by atoms with E-state index < -0.39 is 5.97 Å². The van der Waals surface area contributed by atoms with E-state index in [0.29, 0.717) is 19.4 Å². The molecule has 0 aromatic rings. The molecule has 0 heterocycles. The minimum absolute atomic E-state index is 0.0407. The standard InChI is InChI=1S/C12H24O2.C10H20O2/c1-3-5-6-7-8-9-10-11-12(13)14-4-2;1-2-3-4-5-6-7-8-9-10(11)12/h3-11H2,1-2H3;2-9H2,1H3,(H,11,12). The molecule has 0 saturated carbocycles. The van der Waals surface area contributed by atoms with Gasteiger partial charge in [-0.25, -0.2) is 0 Å². The van der Waals surface area contributed by atoms with E-state index in [4.69, 9.17) is 9.84 Å². The first-order valence-corrected chi connectivity index (χ1v) is 11.0. The van der Waals surface area contributed by atoms with E-state index in [1.54, 1.807) is 0 Å². The van der Waals surface area contributed by atoms with Crippen molar-refractivity contribution in [2.45, 2.75) is 124 Å². The lowest BCUT2D eigenvalue weighted by atomic mass is 10.1. The maximum absolute atomic E-state index is 11.0. The fourth-order valence-corrected chi connectivity index (χ4v) is 2.69. The predicted molar refractivity (Wildman–Crippen MR) is 109 cm³/mol. The molecule has 0 aliphatic rings. The number of unbranched alkanes of at least 4 members (excludes halogenated alkanes) is 12. The van der Waals surface area contributed by atoms with Crippen molar-refractivity contribution in [1.29, 1.82) is 0 Å². The number of rotatable bonds is 17. The van der Waals surface area contributed by atoms with Gasteiger partial charge in [0, 0.05) is 12.8 Å². The van der Waals surface area contributed by atoms with Crippen LogP contribution in [0.1, 0.15) is 124 Å². The number of carbonyl (C=O) groups excluding carboxylic acids is 1. The minimum atomic E-state index is -0.663. The van der Waals surface area contributed by atoms with Crippen LogP contribution < -0.4 is 0 Å². The van der Waals surface area contributed by atoms with Gasteiger partial charge in [0.15, 0.2) is 0 Å². The van der Waals surface area contributed by atoms with E-state index in [9.17, 15) is 9.59 Å². The van der Waals surface area contributed by atoms with Crippen molar-refractivity contribution in [2.24, 2.45) is 0 Å². The van der Waals surface area contributed by atoms with Gasteiger partial charge in [0.2, 0.25) is 0 Å². The highest BCUT2D eigenvalue weighted by molar-refractivity contribution is 5.69. The molecule has 156 valence electrons. The molecule has 0 aromatic heterocycles. The Labute approximate surface area is 162 Å². The van der Waals surface area contributed by atoms with Crippen molar-refractivity contribution in [3.8, 4) is 0 Å². The third-order valence-electron chi connectivity index (χ3n) is 4.28. The Morgan fingerprint density at radius 2 is 1.00 bits per heavy atom. The molecule has 0 amide bonds. The van der Waals surface area contributed by atoms with Crippen molar-refractivity contribution in [3.05, 3.63) is 0 Å². The van der Waals surface area contributed by atoms with Crippen LogP contribution in [-0.2, 0) is 14.3 Å². The molecule has 0 bridgehead atoms. The van der Waals surface area contributed by atoms with Crippen LogP contribution in [0, 0.1) is 0 Å². The SMILES string of the molecule is CCCCCCCCCC(=O)O.CCCCCCCCCC(=O)OCC. The smallest absolute Gasteiger partial charge is 0.305 e. The van der Waals surface area contributed by atoms with E-state index in [2.05, 4.69) is 13.8 Å². The Morgan fingerprint density at radius 3 is 1.38 bits per heavy atom. The molecule has 0 aliphatic heterocycles. The topological polar surface area (TPSA) is 63.6 Å². The average Bonchev–Trinajstić information content (AvgIpc) is 2.61. The zero-order valence-electron chi connectivity index (χ0n) is 17.7. The van der Waals surface area contributed by atoms with Crippen LogP contribution in [0.5, 0.6) is 0 Å². The van der Waals surface area contributed by atoms with E-state index >= 15 is 0 Å². The average molecular weight is 373 g/mol. The molecular weight excluding hydrogens is 328 g/mol. The second kappa shape index (κ2) is 23.9. The normalized spacial score (nSPS) is 10.1. The van der Waals surface area contributed by atoms with Crippen LogP contribution in [0.2, 0.25) is 0 Å². The highest BCUT2D eigenvalue weighted by Gasteiger charge is 2.00. The summed E-state index contributed by atoms with van der Waals surface area (Å²) in [6, 6.07) is 0. The lowest BCUT2D eigenvalue weighted by molar-refractivity contribution is -0.143. The maximum Gasteiger partial charge on any atom is 0.305 e. The molecule has 0 spiro atoms. The third-order valence-corrected chi connectivity index (χ3v) is 4.28. The molecule has 0 atom stereocenters. The summed E-state index contributed by atoms with van der Waals surface area (Å²) in [5.41, 5.74) is 0. The second-order valence-electron chi connectivity index (χ2n) is 6.94. The fraction of sp³-hybridized carbons (Fsp3) is 0.909. The molecule has 4 heteroatoms. The van der Waals surface area contributed by atoms with Gasteiger partial charge in [0.1, 0.15) is 0 Å². The number of carboxylic acids is 1. The number of ether oxygens (including phenoxy) is 1. The number of esters is 1. The number of carboxylic acid groups (broad SMARTS) is 1. The first-order chi connectivity index (χ1) is 12.6. The van der Waals surface area contributed by atoms with E-state index in [-0.39, 0.29) is 5.97 Å². The van der Waals surface area contributed by atoms with Crippen LogP contribution in [0.15, 0.2) is 0 Å². The fourth-order valence-electron chi connectivity index (χ4n) is 2.69. The van der Waals surface area contributed by atoms with Crippen LogP contribution in [-0.4, -0.2) is 23.7 Å². The second-order valence-corrected chi connectivity index (χ2v) is 6.94. The van der Waals surface area contributed by atoms with E-state index in [1.165, 1.54) is 70.6 Å². The summed E-state index contributed by atoms with van der Waals surface area (Å²) < 4.78 is 4.85. The molecular formula is C22H44O4. The molecule has 0 aliphatic carbocycles. The summed E-state index contributed by atoms with van der Waals surface area (Å²) in [5, 5.41) is 8.35. The number of aliphatic carboxylic acids is 1. The molecule has 0 rings (SSSR count). The lowest BCUT2D eigenvalue weighted by Gasteiger charge is -2.01. The van der Waals surface area contributed by atoms with E-state index in [0.717, 1.165) is 19.3 Å². The molecule has 0 aromatic carbocycles. The van der Waals surface area contributed by atoms with Crippen molar-refractivity contribution in [3.63, 3.8) is 0 Å². The maximum atomic E-state index is 11.0. The van der Waals surface area contributed by atoms with E-state index in [1.807, 2.05) is 6.92 Å². The largest absolute Gasteiger partial charge is 0.481 e. The predicted octanol–water partition coefficient (Wildman–Crippen LogP) is 6.90. The van der Waals surface area contributed by atoms with Gasteiger partial charge < -0.3 is 9.84 Å². The van der Waals surface area contributed by atoms with Gasteiger partial charge in [-0.05, 0) is 19.8 Å². The monoisotopic (exact) mass is 372 g/mol. The Morgan fingerprint density at radius 1 is 0.615 bits per heavy atom. The first kappa shape index (κ1) is 27.2. The van der Waals surface area contributed by atoms with Crippen molar-refractivity contribution < 1.29 is 19.4 Å². The Kier molecular flexibility index (Phi) is 25.0. The van der Waals surface area contributed by atoms with Crippen molar-refractivity contribution in [1.82, 2.24) is 0 Å². The summed E-state index contributed by atoms with van der Waals surface area (Å²) in [5.74, 6) is -0.704. The molecule has 1 N–H and O–H groups in total. The molecule has 0 saturated heterocycles. The lowest BCUT2D eigenvalue weighted by Crippen LogP contribution is -2.03. The summed E-state index contributed by atoms with van der Waals surface area (Å²) in [4.78, 5) is 21.1. The molecule has 0 fully saturated rings. The zero-order chi connectivity index (χ0) is 19.9. The molecule has 4 nitrogen and oxygen atoms in total. The van der Waals surface area contributed by atoms with Crippen molar-refractivity contribution in [2.75, 3.05) is 6.61 Å². The Balaban J connectivity index is 0. The van der Waals surface area contributed by atoms with Gasteiger partial charge in [-0.2, -0.15) is 0 Å². The molecule has 0 radical (unpaired) electrons. The summed E-state index contributed by atoms with van der Waals surface area (Å²) in [6.45, 7) is 6.78. The van der Waals surface area contributed by atoms with Crippen LogP contribution in [0.4, 0.5) is 0 Å². The number of hydrogen-bond donors (Lipinski definition) is 1. The number of carbonyl (C=O) groups is 2. The van der Waals surface area contributed by atoms with Gasteiger partial charge >= 0.3 is 11.9 Å². The van der Waals surface area contributed by atoms with Gasteiger partial charge in [-0.15, -0.1) is 0 Å².